The van der Waals surface area contributed by atoms with Crippen molar-refractivity contribution in [3.63, 3.8) is 0 Å². The molecule has 1 heterocycles. The summed E-state index contributed by atoms with van der Waals surface area (Å²) in [5, 5.41) is 13.6. The van der Waals surface area contributed by atoms with Gasteiger partial charge in [-0.25, -0.2) is 4.98 Å². The third-order valence-corrected chi connectivity index (χ3v) is 3.20. The van der Waals surface area contributed by atoms with Crippen molar-refractivity contribution in [3.05, 3.63) is 5.82 Å². The predicted molar refractivity (Wildman–Crippen MR) is 56.6 cm³/mol. The summed E-state index contributed by atoms with van der Waals surface area (Å²) < 4.78 is 4.20. The number of aromatic nitrogens is 2. The molecule has 0 spiro atoms. The molecule has 0 amide bonds. The van der Waals surface area contributed by atoms with Crippen LogP contribution >= 0.6 is 11.5 Å². The number of nitrogens with one attached hydrogen (secondary N) is 1. The maximum Gasteiger partial charge on any atom is 0.202 e. The largest absolute Gasteiger partial charge is 0.393 e. The fourth-order valence-electron chi connectivity index (χ4n) is 1.72. The van der Waals surface area contributed by atoms with Crippen molar-refractivity contribution in [3.8, 4) is 0 Å². The molecule has 1 aromatic rings. The molecule has 0 saturated heterocycles. The van der Waals surface area contributed by atoms with E-state index in [1.165, 1.54) is 11.5 Å². The van der Waals surface area contributed by atoms with E-state index in [9.17, 15) is 5.11 Å². The van der Waals surface area contributed by atoms with Gasteiger partial charge in [0.1, 0.15) is 5.82 Å². The summed E-state index contributed by atoms with van der Waals surface area (Å²) in [7, 11) is 0. The van der Waals surface area contributed by atoms with E-state index in [0.717, 1.165) is 36.6 Å². The molecule has 1 aliphatic carbocycles. The number of aliphatic hydroxyl groups is 1. The zero-order valence-electron chi connectivity index (χ0n) is 8.23. The number of nitrogens with zero attached hydrogens (tertiary/aromatic N) is 2. The fraction of sp³-hybridized carbons (Fsp3) is 0.778. The monoisotopic (exact) mass is 213 g/mol. The Morgan fingerprint density at radius 3 is 3.00 bits per heavy atom. The Labute approximate surface area is 87.5 Å². The molecular weight excluding hydrogens is 198 g/mol. The van der Waals surface area contributed by atoms with Crippen LogP contribution in [0.25, 0.3) is 0 Å². The molecule has 0 radical (unpaired) electrons. The molecule has 0 aliphatic heterocycles. The second-order valence-corrected chi connectivity index (χ2v) is 4.43. The molecule has 0 unspecified atom stereocenters. The topological polar surface area (TPSA) is 58.0 Å². The lowest BCUT2D eigenvalue weighted by Gasteiger charge is -2.09. The molecule has 0 aromatic carbocycles. The number of rotatable bonds is 3. The molecule has 1 aromatic heterocycles. The smallest absolute Gasteiger partial charge is 0.202 e. The molecule has 78 valence electrons. The van der Waals surface area contributed by atoms with Gasteiger partial charge in [0.05, 0.1) is 6.10 Å². The van der Waals surface area contributed by atoms with Crippen molar-refractivity contribution < 1.29 is 5.11 Å². The summed E-state index contributed by atoms with van der Waals surface area (Å²) in [4.78, 5) is 4.33. The summed E-state index contributed by atoms with van der Waals surface area (Å²) in [5.74, 6) is 0.899. The lowest BCUT2D eigenvalue weighted by molar-refractivity contribution is 0.182. The SMILES string of the molecule is CCc1nsc(N[C@H]2CC[C@@H](O)C2)n1. The Hall–Kier alpha value is -0.680. The molecule has 1 saturated carbocycles. The van der Waals surface area contributed by atoms with Gasteiger partial charge >= 0.3 is 0 Å². The number of aliphatic hydroxyl groups excluding tert-OH is 1. The highest BCUT2D eigenvalue weighted by Crippen LogP contribution is 2.23. The minimum atomic E-state index is -0.133. The third kappa shape index (κ3) is 2.22. The van der Waals surface area contributed by atoms with Crippen LogP contribution in [0.15, 0.2) is 0 Å². The minimum absolute atomic E-state index is 0.133. The number of aryl methyl sites for hydroxylation is 1. The first-order valence-corrected chi connectivity index (χ1v) is 5.82. The highest BCUT2D eigenvalue weighted by molar-refractivity contribution is 7.09. The van der Waals surface area contributed by atoms with Crippen LogP contribution in [0, 0.1) is 0 Å². The van der Waals surface area contributed by atoms with Crippen LogP contribution in [0.2, 0.25) is 0 Å². The van der Waals surface area contributed by atoms with Gasteiger partial charge < -0.3 is 10.4 Å². The van der Waals surface area contributed by atoms with E-state index >= 15 is 0 Å². The van der Waals surface area contributed by atoms with Crippen LogP contribution in [0.5, 0.6) is 0 Å². The van der Waals surface area contributed by atoms with Crippen molar-refractivity contribution in [2.24, 2.45) is 0 Å². The van der Waals surface area contributed by atoms with Crippen LogP contribution in [0.3, 0.4) is 0 Å². The van der Waals surface area contributed by atoms with Gasteiger partial charge in [-0.3, -0.25) is 0 Å². The van der Waals surface area contributed by atoms with Gasteiger partial charge in [0.2, 0.25) is 5.13 Å². The minimum Gasteiger partial charge on any atom is -0.393 e. The molecule has 1 aliphatic rings. The zero-order valence-corrected chi connectivity index (χ0v) is 9.05. The summed E-state index contributed by atoms with van der Waals surface area (Å²) in [6.07, 6.45) is 3.51. The van der Waals surface area contributed by atoms with Gasteiger partial charge in [-0.15, -0.1) is 0 Å². The summed E-state index contributed by atoms with van der Waals surface area (Å²) in [6, 6.07) is 0.377. The Morgan fingerprint density at radius 1 is 1.57 bits per heavy atom. The first kappa shape index (κ1) is 9.86. The quantitative estimate of drug-likeness (QED) is 0.797. The summed E-state index contributed by atoms with van der Waals surface area (Å²) in [5.41, 5.74) is 0. The van der Waals surface area contributed by atoms with Crippen molar-refractivity contribution in [1.29, 1.82) is 0 Å². The summed E-state index contributed by atoms with van der Waals surface area (Å²) in [6.45, 7) is 2.05. The maximum atomic E-state index is 9.36. The van der Waals surface area contributed by atoms with Crippen molar-refractivity contribution in [1.82, 2.24) is 9.36 Å². The zero-order chi connectivity index (χ0) is 9.97. The van der Waals surface area contributed by atoms with Crippen LogP contribution in [-0.2, 0) is 6.42 Å². The number of anilines is 1. The van der Waals surface area contributed by atoms with E-state index in [4.69, 9.17) is 0 Å². The van der Waals surface area contributed by atoms with E-state index in [0.29, 0.717) is 6.04 Å². The molecule has 2 atom stereocenters. The Bertz CT molecular complexity index is 302. The first-order chi connectivity index (χ1) is 6.78. The van der Waals surface area contributed by atoms with E-state index in [1.807, 2.05) is 6.92 Å². The Balaban J connectivity index is 1.90. The van der Waals surface area contributed by atoms with E-state index in [2.05, 4.69) is 14.7 Å². The second kappa shape index (κ2) is 4.23. The number of hydrogen-bond acceptors (Lipinski definition) is 5. The highest BCUT2D eigenvalue weighted by Gasteiger charge is 2.23. The standard InChI is InChI=1S/C9H15N3OS/c1-2-8-11-9(14-12-8)10-6-3-4-7(13)5-6/h6-7,13H,2-5H2,1H3,(H,10,11,12)/t6-,7+/m0/s1. The first-order valence-electron chi connectivity index (χ1n) is 5.05. The second-order valence-electron chi connectivity index (χ2n) is 3.68. The van der Waals surface area contributed by atoms with Gasteiger partial charge in [-0.05, 0) is 19.3 Å². The molecule has 2 N–H and O–H groups in total. The van der Waals surface area contributed by atoms with E-state index in [-0.39, 0.29) is 6.10 Å². The normalized spacial score (nSPS) is 26.7. The Kier molecular flexibility index (Phi) is 2.98. The average Bonchev–Trinajstić information content (AvgIpc) is 2.76. The van der Waals surface area contributed by atoms with Crippen molar-refractivity contribution in [2.75, 3.05) is 5.32 Å². The molecule has 14 heavy (non-hydrogen) atoms. The average molecular weight is 213 g/mol. The summed E-state index contributed by atoms with van der Waals surface area (Å²) >= 11 is 1.41. The lowest BCUT2D eigenvalue weighted by Crippen LogP contribution is -2.16. The van der Waals surface area contributed by atoms with Gasteiger partial charge in [0.15, 0.2) is 0 Å². The van der Waals surface area contributed by atoms with Crippen LogP contribution < -0.4 is 5.32 Å². The van der Waals surface area contributed by atoms with Crippen molar-refractivity contribution >= 4 is 16.7 Å². The maximum absolute atomic E-state index is 9.36. The van der Waals surface area contributed by atoms with Crippen molar-refractivity contribution in [2.45, 2.75) is 44.8 Å². The highest BCUT2D eigenvalue weighted by atomic mass is 32.1. The Morgan fingerprint density at radius 2 is 2.43 bits per heavy atom. The van der Waals surface area contributed by atoms with Crippen LogP contribution in [-0.4, -0.2) is 26.6 Å². The van der Waals surface area contributed by atoms with Crippen LogP contribution in [0.1, 0.15) is 32.0 Å². The molecule has 1 fully saturated rings. The third-order valence-electron chi connectivity index (χ3n) is 2.52. The van der Waals surface area contributed by atoms with E-state index < -0.39 is 0 Å². The van der Waals surface area contributed by atoms with E-state index in [1.54, 1.807) is 0 Å². The van der Waals surface area contributed by atoms with Gasteiger partial charge in [-0.1, -0.05) is 6.92 Å². The van der Waals surface area contributed by atoms with Gasteiger partial charge in [0.25, 0.3) is 0 Å². The molecule has 2 rings (SSSR count). The molecule has 4 nitrogen and oxygen atoms in total. The number of hydrogen-bond donors (Lipinski definition) is 2. The van der Waals surface area contributed by atoms with Gasteiger partial charge in [0, 0.05) is 24.0 Å². The predicted octanol–water partition coefficient (Wildman–Crippen LogP) is 1.43. The molecule has 0 bridgehead atoms. The lowest BCUT2D eigenvalue weighted by atomic mass is 10.2. The molecule has 5 heteroatoms. The molecular formula is C9H15N3OS. The van der Waals surface area contributed by atoms with Crippen LogP contribution in [0.4, 0.5) is 5.13 Å². The fourth-order valence-corrected chi connectivity index (χ4v) is 2.45. The van der Waals surface area contributed by atoms with Gasteiger partial charge in [-0.2, -0.15) is 4.37 Å².